The maximum atomic E-state index is 13.4. The van der Waals surface area contributed by atoms with E-state index in [2.05, 4.69) is 31.8 Å². The van der Waals surface area contributed by atoms with Gasteiger partial charge >= 0.3 is 6.03 Å². The molecule has 0 bridgehead atoms. The van der Waals surface area contributed by atoms with E-state index in [4.69, 9.17) is 14.2 Å². The highest BCUT2D eigenvalue weighted by Crippen LogP contribution is 2.32. The van der Waals surface area contributed by atoms with Gasteiger partial charge in [0, 0.05) is 49.7 Å². The molecule has 1 atom stereocenters. The third-order valence-electron chi connectivity index (χ3n) is 7.19. The molecule has 3 aromatic carbocycles. The molecular weight excluding hydrogens is 522 g/mol. The van der Waals surface area contributed by atoms with Crippen LogP contribution in [0.5, 0.6) is 17.2 Å². The Hall–Kier alpha value is -4.60. The quantitative estimate of drug-likeness (QED) is 0.312. The first-order valence-electron chi connectivity index (χ1n) is 13.7. The van der Waals surface area contributed by atoms with E-state index in [1.807, 2.05) is 44.2 Å². The molecule has 10 nitrogen and oxygen atoms in total. The third kappa shape index (κ3) is 7.13. The summed E-state index contributed by atoms with van der Waals surface area (Å²) in [7, 11) is 4.77. The second-order valence-electron chi connectivity index (χ2n) is 9.81. The van der Waals surface area contributed by atoms with Crippen LogP contribution in [-0.4, -0.2) is 65.5 Å². The first-order chi connectivity index (χ1) is 19.9. The molecule has 3 aromatic rings. The topological polar surface area (TPSA) is 104 Å². The first-order valence-corrected chi connectivity index (χ1v) is 13.7. The van der Waals surface area contributed by atoms with Crippen LogP contribution < -0.4 is 40.0 Å². The Kier molecular flexibility index (Phi) is 9.78. The normalized spacial score (nSPS) is 13.7. The number of ether oxygens (including phenoxy) is 3. The Morgan fingerprint density at radius 3 is 2.15 bits per heavy atom. The molecule has 41 heavy (non-hydrogen) atoms. The lowest BCUT2D eigenvalue weighted by molar-refractivity contribution is 0.0939. The minimum atomic E-state index is -0.458. The fourth-order valence-corrected chi connectivity index (χ4v) is 4.74. The van der Waals surface area contributed by atoms with Crippen LogP contribution >= 0.6 is 0 Å². The SMILES string of the molecule is CCC(C)NC(=O)c1cc(NC(=O)Nc2ccc(OC)cc2OC)ccc1N1CCN(c2ccccc2OC)CC1. The van der Waals surface area contributed by atoms with Crippen molar-refractivity contribution in [3.05, 3.63) is 66.2 Å². The van der Waals surface area contributed by atoms with Crippen molar-refractivity contribution in [3.63, 3.8) is 0 Å². The Morgan fingerprint density at radius 1 is 0.805 bits per heavy atom. The number of urea groups is 1. The van der Waals surface area contributed by atoms with Crippen LogP contribution in [-0.2, 0) is 0 Å². The van der Waals surface area contributed by atoms with Crippen molar-refractivity contribution in [1.82, 2.24) is 5.32 Å². The largest absolute Gasteiger partial charge is 0.497 e. The van der Waals surface area contributed by atoms with Gasteiger partial charge in [0.05, 0.1) is 38.3 Å². The Morgan fingerprint density at radius 2 is 1.49 bits per heavy atom. The van der Waals surface area contributed by atoms with Crippen molar-refractivity contribution in [2.45, 2.75) is 26.3 Å². The summed E-state index contributed by atoms with van der Waals surface area (Å²) in [5, 5.41) is 8.72. The molecular formula is C31H39N5O5. The van der Waals surface area contributed by atoms with Gasteiger partial charge in [0.15, 0.2) is 0 Å². The number of piperazine rings is 1. The van der Waals surface area contributed by atoms with Crippen molar-refractivity contribution in [2.24, 2.45) is 0 Å². The summed E-state index contributed by atoms with van der Waals surface area (Å²) in [4.78, 5) is 30.8. The molecule has 3 N–H and O–H groups in total. The van der Waals surface area contributed by atoms with E-state index in [9.17, 15) is 9.59 Å². The highest BCUT2D eigenvalue weighted by Gasteiger charge is 2.24. The summed E-state index contributed by atoms with van der Waals surface area (Å²) >= 11 is 0. The minimum absolute atomic E-state index is 0.0141. The van der Waals surface area contributed by atoms with Crippen LogP contribution in [0.4, 0.5) is 27.5 Å². The predicted molar refractivity (Wildman–Crippen MR) is 163 cm³/mol. The standard InChI is InChI=1S/C31H39N5O5/c1-6-21(2)32-30(37)24-19-22(33-31(38)34-25-13-12-23(39-3)20-29(25)41-5)11-14-26(24)35-15-17-36(18-16-35)27-9-7-8-10-28(27)40-4/h7-14,19-21H,6,15-18H2,1-5H3,(H,32,37)(H2,33,34,38). The molecule has 0 aliphatic carbocycles. The molecule has 10 heteroatoms. The second kappa shape index (κ2) is 13.6. The highest BCUT2D eigenvalue weighted by molar-refractivity contribution is 6.04. The highest BCUT2D eigenvalue weighted by atomic mass is 16.5. The lowest BCUT2D eigenvalue weighted by atomic mass is 10.1. The molecule has 1 fully saturated rings. The van der Waals surface area contributed by atoms with Crippen LogP contribution in [0.1, 0.15) is 30.6 Å². The van der Waals surface area contributed by atoms with Crippen molar-refractivity contribution in [2.75, 3.05) is 67.9 Å². The summed E-state index contributed by atoms with van der Waals surface area (Å²) in [5.41, 5.74) is 3.39. The lowest BCUT2D eigenvalue weighted by Crippen LogP contribution is -2.47. The van der Waals surface area contributed by atoms with Gasteiger partial charge in [-0.15, -0.1) is 0 Å². The number of hydrogen-bond acceptors (Lipinski definition) is 7. The van der Waals surface area contributed by atoms with E-state index >= 15 is 0 Å². The third-order valence-corrected chi connectivity index (χ3v) is 7.19. The fraction of sp³-hybridized carbons (Fsp3) is 0.355. The molecule has 0 aromatic heterocycles. The molecule has 1 unspecified atom stereocenters. The molecule has 1 heterocycles. The monoisotopic (exact) mass is 561 g/mol. The number of carbonyl (C=O) groups is 2. The second-order valence-corrected chi connectivity index (χ2v) is 9.81. The van der Waals surface area contributed by atoms with E-state index in [-0.39, 0.29) is 11.9 Å². The number of carbonyl (C=O) groups excluding carboxylic acids is 2. The number of methoxy groups -OCH3 is 3. The molecule has 0 spiro atoms. The van der Waals surface area contributed by atoms with Gasteiger partial charge in [0.25, 0.3) is 5.91 Å². The molecule has 3 amide bonds. The van der Waals surface area contributed by atoms with Crippen molar-refractivity contribution >= 4 is 34.7 Å². The summed E-state index contributed by atoms with van der Waals surface area (Å²) in [6, 6.07) is 18.1. The predicted octanol–water partition coefficient (Wildman–Crippen LogP) is 5.21. The zero-order valence-corrected chi connectivity index (χ0v) is 24.3. The maximum absolute atomic E-state index is 13.4. The molecule has 0 saturated carbocycles. The summed E-state index contributed by atoms with van der Waals surface area (Å²) in [6.45, 7) is 7.01. The van der Waals surface area contributed by atoms with Gasteiger partial charge in [-0.2, -0.15) is 0 Å². The van der Waals surface area contributed by atoms with E-state index in [1.54, 1.807) is 38.5 Å². The fourth-order valence-electron chi connectivity index (χ4n) is 4.74. The number of anilines is 4. The molecule has 1 saturated heterocycles. The molecule has 1 aliphatic heterocycles. The average Bonchev–Trinajstić information content (AvgIpc) is 3.01. The number of nitrogens with zero attached hydrogens (tertiary/aromatic N) is 2. The number of nitrogens with one attached hydrogen (secondary N) is 3. The van der Waals surface area contributed by atoms with Gasteiger partial charge in [-0.25, -0.2) is 4.79 Å². The van der Waals surface area contributed by atoms with Crippen molar-refractivity contribution in [1.29, 1.82) is 0 Å². The van der Waals surface area contributed by atoms with Crippen LogP contribution in [0.2, 0.25) is 0 Å². The van der Waals surface area contributed by atoms with Gasteiger partial charge in [-0.1, -0.05) is 19.1 Å². The van der Waals surface area contributed by atoms with E-state index in [0.29, 0.717) is 28.4 Å². The number of rotatable bonds is 10. The van der Waals surface area contributed by atoms with Gasteiger partial charge in [0.1, 0.15) is 17.2 Å². The summed E-state index contributed by atoms with van der Waals surface area (Å²) in [5.74, 6) is 1.75. The van der Waals surface area contributed by atoms with Crippen LogP contribution in [0.25, 0.3) is 0 Å². The molecule has 4 rings (SSSR count). The smallest absolute Gasteiger partial charge is 0.323 e. The number of benzene rings is 3. The number of para-hydroxylation sites is 2. The molecule has 1 aliphatic rings. The Balaban J connectivity index is 1.52. The van der Waals surface area contributed by atoms with Crippen LogP contribution in [0.3, 0.4) is 0 Å². The maximum Gasteiger partial charge on any atom is 0.323 e. The van der Waals surface area contributed by atoms with Crippen LogP contribution in [0, 0.1) is 0 Å². The van der Waals surface area contributed by atoms with Gasteiger partial charge in [0.2, 0.25) is 0 Å². The van der Waals surface area contributed by atoms with Crippen LogP contribution in [0.15, 0.2) is 60.7 Å². The molecule has 0 radical (unpaired) electrons. The average molecular weight is 562 g/mol. The Bertz CT molecular complexity index is 1360. The summed E-state index contributed by atoms with van der Waals surface area (Å²) < 4.78 is 16.2. The number of amides is 3. The molecule has 218 valence electrons. The van der Waals surface area contributed by atoms with Crippen molar-refractivity contribution < 1.29 is 23.8 Å². The van der Waals surface area contributed by atoms with Crippen molar-refractivity contribution in [3.8, 4) is 17.2 Å². The van der Waals surface area contributed by atoms with Gasteiger partial charge < -0.3 is 40.0 Å². The summed E-state index contributed by atoms with van der Waals surface area (Å²) in [6.07, 6.45) is 0.808. The van der Waals surface area contributed by atoms with E-state index in [0.717, 1.165) is 49.7 Å². The van der Waals surface area contributed by atoms with Gasteiger partial charge in [-0.3, -0.25) is 4.79 Å². The number of hydrogen-bond donors (Lipinski definition) is 3. The van der Waals surface area contributed by atoms with E-state index in [1.165, 1.54) is 7.11 Å². The minimum Gasteiger partial charge on any atom is -0.497 e. The Labute approximate surface area is 241 Å². The van der Waals surface area contributed by atoms with E-state index < -0.39 is 6.03 Å². The zero-order chi connectivity index (χ0) is 29.4. The lowest BCUT2D eigenvalue weighted by Gasteiger charge is -2.38. The zero-order valence-electron chi connectivity index (χ0n) is 24.3. The first kappa shape index (κ1) is 29.4. The van der Waals surface area contributed by atoms with Gasteiger partial charge in [-0.05, 0) is 55.8 Å².